The molecule has 0 saturated carbocycles. The van der Waals surface area contributed by atoms with Gasteiger partial charge in [0.2, 0.25) is 11.8 Å². The maximum absolute atomic E-state index is 14.0. The second kappa shape index (κ2) is 12.9. The summed E-state index contributed by atoms with van der Waals surface area (Å²) in [5, 5.41) is 2.58. The Bertz CT molecular complexity index is 1500. The quantitative estimate of drug-likeness (QED) is 0.367. The molecule has 10 nitrogen and oxygen atoms in total. The van der Waals surface area contributed by atoms with E-state index in [0.29, 0.717) is 23.7 Å². The van der Waals surface area contributed by atoms with Gasteiger partial charge in [-0.05, 0) is 60.5 Å². The van der Waals surface area contributed by atoms with Crippen LogP contribution in [0.3, 0.4) is 0 Å². The minimum atomic E-state index is -4.36. The van der Waals surface area contributed by atoms with Crippen LogP contribution >= 0.6 is 0 Å². The molecule has 0 saturated heterocycles. The van der Waals surface area contributed by atoms with E-state index >= 15 is 0 Å². The van der Waals surface area contributed by atoms with E-state index in [1.54, 1.807) is 31.2 Å². The number of fused-ring (bicyclic) bond motifs is 1. The van der Waals surface area contributed by atoms with Crippen molar-refractivity contribution in [3.05, 3.63) is 78.1 Å². The van der Waals surface area contributed by atoms with E-state index in [1.165, 1.54) is 49.4 Å². The van der Waals surface area contributed by atoms with Crippen molar-refractivity contribution in [2.24, 2.45) is 0 Å². The summed E-state index contributed by atoms with van der Waals surface area (Å²) in [6.07, 6.45) is 0.279. The van der Waals surface area contributed by atoms with Crippen LogP contribution in [-0.4, -0.2) is 65.1 Å². The lowest BCUT2D eigenvalue weighted by molar-refractivity contribution is -0.140. The molecule has 1 aliphatic rings. The lowest BCUT2D eigenvalue weighted by Gasteiger charge is -2.33. The van der Waals surface area contributed by atoms with Crippen LogP contribution in [0.2, 0.25) is 0 Å². The predicted molar refractivity (Wildman–Crippen MR) is 150 cm³/mol. The van der Waals surface area contributed by atoms with Crippen LogP contribution in [0.1, 0.15) is 18.9 Å². The predicted octanol–water partition coefficient (Wildman–Crippen LogP) is 3.35. The summed E-state index contributed by atoms with van der Waals surface area (Å²) in [5.74, 6) is -0.368. The average Bonchev–Trinajstić information content (AvgIpc) is 2.99. The normalized spacial score (nSPS) is 13.2. The molecule has 0 unspecified atom stereocenters. The molecule has 0 aliphatic carbocycles. The first kappa shape index (κ1) is 29.7. The zero-order chi connectivity index (χ0) is 29.6. The standard InChI is InChI=1S/C29H32FN3O7S/c1-4-25(29(35)31-2)32(18-20-6-5-7-23(16-20)38-3)28(34)19-33(22-10-8-21(30)9-11-22)41(36,37)24-12-13-26-27(17-24)40-15-14-39-26/h5-13,16-17,25H,4,14-15,18-19H2,1-3H3,(H,31,35)/t25-/m1/s1. The Morgan fingerprint density at radius 2 is 1.73 bits per heavy atom. The second-order valence-corrected chi connectivity index (χ2v) is 11.1. The molecule has 2 amide bonds. The molecule has 1 atom stereocenters. The van der Waals surface area contributed by atoms with Crippen LogP contribution in [0.25, 0.3) is 0 Å². The molecule has 3 aromatic rings. The largest absolute Gasteiger partial charge is 0.497 e. The Morgan fingerprint density at radius 1 is 1.02 bits per heavy atom. The van der Waals surface area contributed by atoms with E-state index in [2.05, 4.69) is 5.32 Å². The fourth-order valence-electron chi connectivity index (χ4n) is 4.50. The Hall–Kier alpha value is -4.32. The summed E-state index contributed by atoms with van der Waals surface area (Å²) in [7, 11) is -1.38. The number of benzene rings is 3. The van der Waals surface area contributed by atoms with E-state index < -0.39 is 40.2 Å². The van der Waals surface area contributed by atoms with Crippen molar-refractivity contribution in [2.75, 3.05) is 38.2 Å². The van der Waals surface area contributed by atoms with Crippen molar-refractivity contribution in [1.29, 1.82) is 0 Å². The highest BCUT2D eigenvalue weighted by atomic mass is 32.2. The minimum Gasteiger partial charge on any atom is -0.497 e. The molecular weight excluding hydrogens is 553 g/mol. The Labute approximate surface area is 238 Å². The molecule has 1 aliphatic heterocycles. The highest BCUT2D eigenvalue weighted by Crippen LogP contribution is 2.34. The SMILES string of the molecule is CC[C@H](C(=O)NC)N(Cc1cccc(OC)c1)C(=O)CN(c1ccc(F)cc1)S(=O)(=O)c1ccc2c(c1)OCCO2. The number of likely N-dealkylation sites (N-methyl/N-ethyl adjacent to an activating group) is 1. The number of ether oxygens (including phenoxy) is 3. The van der Waals surface area contributed by atoms with Crippen molar-refractivity contribution < 1.29 is 36.6 Å². The molecule has 3 aromatic carbocycles. The number of hydrogen-bond donors (Lipinski definition) is 1. The van der Waals surface area contributed by atoms with Gasteiger partial charge in [0.05, 0.1) is 17.7 Å². The number of nitrogens with zero attached hydrogens (tertiary/aromatic N) is 2. The van der Waals surface area contributed by atoms with Gasteiger partial charge in [0.25, 0.3) is 10.0 Å². The van der Waals surface area contributed by atoms with Crippen LogP contribution in [0.15, 0.2) is 71.6 Å². The molecule has 218 valence electrons. The number of sulfonamides is 1. The van der Waals surface area contributed by atoms with Crippen LogP contribution < -0.4 is 23.8 Å². The third-order valence-corrected chi connectivity index (χ3v) is 8.38. The first-order chi connectivity index (χ1) is 19.7. The number of anilines is 1. The van der Waals surface area contributed by atoms with Crippen LogP contribution in [-0.2, 0) is 26.2 Å². The molecule has 1 heterocycles. The third-order valence-electron chi connectivity index (χ3n) is 6.61. The van der Waals surface area contributed by atoms with Crippen LogP contribution in [0.4, 0.5) is 10.1 Å². The summed E-state index contributed by atoms with van der Waals surface area (Å²) >= 11 is 0. The molecule has 1 N–H and O–H groups in total. The van der Waals surface area contributed by atoms with Gasteiger partial charge in [-0.1, -0.05) is 19.1 Å². The summed E-state index contributed by atoms with van der Waals surface area (Å²) in [6.45, 7) is 1.72. The van der Waals surface area contributed by atoms with Gasteiger partial charge in [-0.3, -0.25) is 13.9 Å². The fraction of sp³-hybridized carbons (Fsp3) is 0.310. The number of amides is 2. The van der Waals surface area contributed by atoms with E-state index in [4.69, 9.17) is 14.2 Å². The molecule has 0 bridgehead atoms. The lowest BCUT2D eigenvalue weighted by atomic mass is 10.1. The lowest BCUT2D eigenvalue weighted by Crippen LogP contribution is -2.51. The van der Waals surface area contributed by atoms with Crippen molar-refractivity contribution in [3.8, 4) is 17.2 Å². The molecular formula is C29H32FN3O7S. The van der Waals surface area contributed by atoms with Crippen LogP contribution in [0, 0.1) is 5.82 Å². The first-order valence-electron chi connectivity index (χ1n) is 13.0. The third kappa shape index (κ3) is 6.71. The Morgan fingerprint density at radius 3 is 2.39 bits per heavy atom. The average molecular weight is 586 g/mol. The maximum Gasteiger partial charge on any atom is 0.264 e. The van der Waals surface area contributed by atoms with E-state index in [9.17, 15) is 22.4 Å². The van der Waals surface area contributed by atoms with Crippen molar-refractivity contribution in [1.82, 2.24) is 10.2 Å². The zero-order valence-corrected chi connectivity index (χ0v) is 23.8. The number of nitrogens with one attached hydrogen (secondary N) is 1. The van der Waals surface area contributed by atoms with Gasteiger partial charge < -0.3 is 24.4 Å². The van der Waals surface area contributed by atoms with Gasteiger partial charge in [0.1, 0.15) is 37.4 Å². The van der Waals surface area contributed by atoms with Gasteiger partial charge >= 0.3 is 0 Å². The van der Waals surface area contributed by atoms with E-state index in [0.717, 1.165) is 16.4 Å². The molecule has 0 spiro atoms. The van der Waals surface area contributed by atoms with Crippen LogP contribution in [0.5, 0.6) is 17.2 Å². The molecule has 41 heavy (non-hydrogen) atoms. The number of halogens is 1. The maximum atomic E-state index is 14.0. The summed E-state index contributed by atoms with van der Waals surface area (Å²) in [4.78, 5) is 28.0. The van der Waals surface area contributed by atoms with Crippen molar-refractivity contribution in [2.45, 2.75) is 30.8 Å². The van der Waals surface area contributed by atoms with Gasteiger partial charge in [-0.25, -0.2) is 12.8 Å². The van der Waals surface area contributed by atoms with Crippen molar-refractivity contribution >= 4 is 27.5 Å². The van der Waals surface area contributed by atoms with Gasteiger partial charge in [-0.15, -0.1) is 0 Å². The Balaban J connectivity index is 1.74. The second-order valence-electron chi connectivity index (χ2n) is 9.21. The summed E-state index contributed by atoms with van der Waals surface area (Å²) in [5.41, 5.74) is 0.757. The summed E-state index contributed by atoms with van der Waals surface area (Å²) in [6, 6.07) is 15.1. The number of carbonyl (C=O) groups is 2. The fourth-order valence-corrected chi connectivity index (χ4v) is 5.93. The minimum absolute atomic E-state index is 0.0172. The Kier molecular flexibility index (Phi) is 9.33. The first-order valence-corrected chi connectivity index (χ1v) is 14.4. The molecule has 0 radical (unpaired) electrons. The van der Waals surface area contributed by atoms with Gasteiger partial charge in [0, 0.05) is 19.7 Å². The number of hydrogen-bond acceptors (Lipinski definition) is 7. The van der Waals surface area contributed by atoms with E-state index in [1.807, 2.05) is 0 Å². The van der Waals surface area contributed by atoms with Gasteiger partial charge in [0.15, 0.2) is 11.5 Å². The topological polar surface area (TPSA) is 114 Å². The van der Waals surface area contributed by atoms with E-state index in [-0.39, 0.29) is 35.9 Å². The van der Waals surface area contributed by atoms with Gasteiger partial charge in [-0.2, -0.15) is 0 Å². The molecule has 0 aromatic heterocycles. The number of carbonyl (C=O) groups excluding carboxylic acids is 2. The molecule has 4 rings (SSSR count). The zero-order valence-electron chi connectivity index (χ0n) is 23.0. The highest BCUT2D eigenvalue weighted by molar-refractivity contribution is 7.92. The smallest absolute Gasteiger partial charge is 0.264 e. The number of rotatable bonds is 11. The molecule has 12 heteroatoms. The summed E-state index contributed by atoms with van der Waals surface area (Å²) < 4.78 is 59.1. The molecule has 0 fully saturated rings. The van der Waals surface area contributed by atoms with Crippen molar-refractivity contribution in [3.63, 3.8) is 0 Å². The highest BCUT2D eigenvalue weighted by Gasteiger charge is 2.34. The monoisotopic (exact) mass is 585 g/mol. The number of methoxy groups -OCH3 is 1.